The van der Waals surface area contributed by atoms with Crippen molar-refractivity contribution in [3.63, 3.8) is 0 Å². The standard InChI is InChI=1S/C7H11NOS.C7H8O2S.C5H11NO3.C3H6O3/c2*1-9-5-6(8)7-3-2-4-10-7;1-6(9-3)5(7)4-8-2;1-6-2-3(4)5/h2-4,6H,5,8H2,1H3;2-4H,5H2,1H3;4H2,1-3H3;2H2,1H3,(H,4,5). The Labute approximate surface area is 214 Å². The number of hydrogen-bond acceptors (Lipinski definition) is 11. The number of amides is 1. The maximum Gasteiger partial charge on any atom is 0.329 e. The fourth-order valence-electron chi connectivity index (χ4n) is 1.84. The van der Waals surface area contributed by atoms with Crippen LogP contribution in [0.25, 0.3) is 0 Å². The summed E-state index contributed by atoms with van der Waals surface area (Å²) >= 11 is 3.11. The number of likely N-dealkylation sites (N-methyl/N-ethyl adjacent to an activating group) is 1. The molecule has 0 aromatic carbocycles. The Morgan fingerprint density at radius 3 is 1.86 bits per heavy atom. The number of aliphatic carboxylic acids is 1. The number of hydroxylamine groups is 2. The minimum Gasteiger partial charge on any atom is -0.480 e. The molecule has 2 rings (SSSR count). The maximum atomic E-state index is 11.0. The van der Waals surface area contributed by atoms with Gasteiger partial charge in [-0.1, -0.05) is 12.1 Å². The third-order valence-electron chi connectivity index (χ3n) is 3.49. The highest BCUT2D eigenvalue weighted by Gasteiger charge is 2.05. The molecule has 3 N–H and O–H groups in total. The Morgan fingerprint density at radius 1 is 0.914 bits per heavy atom. The second kappa shape index (κ2) is 23.5. The van der Waals surface area contributed by atoms with Crippen LogP contribution in [0.3, 0.4) is 0 Å². The monoisotopic (exact) mass is 536 g/mol. The zero-order chi connectivity index (χ0) is 27.1. The van der Waals surface area contributed by atoms with Gasteiger partial charge >= 0.3 is 5.97 Å². The van der Waals surface area contributed by atoms with E-state index in [0.29, 0.717) is 6.61 Å². The molecule has 2 heterocycles. The van der Waals surface area contributed by atoms with Crippen molar-refractivity contribution in [2.24, 2.45) is 5.73 Å². The lowest BCUT2D eigenvalue weighted by Crippen LogP contribution is -2.28. The van der Waals surface area contributed by atoms with E-state index in [2.05, 4.69) is 19.0 Å². The summed E-state index contributed by atoms with van der Waals surface area (Å²) in [4.78, 5) is 37.6. The van der Waals surface area contributed by atoms with Crippen LogP contribution in [0.4, 0.5) is 0 Å². The number of carbonyl (C=O) groups excluding carboxylic acids is 2. The SMILES string of the molecule is COCC(=O)N(C)OC.COCC(=O)O.COCC(=O)c1cccs1.COCC(N)c1cccs1. The van der Waals surface area contributed by atoms with Crippen LogP contribution in [0.15, 0.2) is 35.0 Å². The molecule has 13 heteroatoms. The molecular formula is C22H36N2O9S2. The van der Waals surface area contributed by atoms with E-state index < -0.39 is 5.97 Å². The van der Waals surface area contributed by atoms with Gasteiger partial charge in [0, 0.05) is 40.4 Å². The van der Waals surface area contributed by atoms with Crippen LogP contribution in [0.2, 0.25) is 0 Å². The minimum absolute atomic E-state index is 0.0463. The average Bonchev–Trinajstić information content (AvgIpc) is 3.55. The van der Waals surface area contributed by atoms with E-state index in [4.69, 9.17) is 15.6 Å². The predicted octanol–water partition coefficient (Wildman–Crippen LogP) is 2.34. The highest BCUT2D eigenvalue weighted by molar-refractivity contribution is 7.12. The lowest BCUT2D eigenvalue weighted by atomic mass is 10.3. The second-order valence-corrected chi connectivity index (χ2v) is 8.17. The van der Waals surface area contributed by atoms with Gasteiger partial charge in [0.15, 0.2) is 5.78 Å². The quantitative estimate of drug-likeness (QED) is 0.324. The number of ketones is 1. The van der Waals surface area contributed by atoms with Crippen molar-refractivity contribution in [1.29, 1.82) is 0 Å². The summed E-state index contributed by atoms with van der Waals surface area (Å²) in [7, 11) is 8.93. The van der Waals surface area contributed by atoms with Gasteiger partial charge in [-0.05, 0) is 22.9 Å². The molecule has 1 amide bonds. The summed E-state index contributed by atoms with van der Waals surface area (Å²) in [5, 5.41) is 12.8. The van der Waals surface area contributed by atoms with E-state index >= 15 is 0 Å². The maximum absolute atomic E-state index is 11.0. The van der Waals surface area contributed by atoms with Gasteiger partial charge < -0.3 is 29.8 Å². The van der Waals surface area contributed by atoms with Gasteiger partial charge in [-0.25, -0.2) is 9.86 Å². The highest BCUT2D eigenvalue weighted by Crippen LogP contribution is 2.16. The molecule has 2 aromatic heterocycles. The number of thiophene rings is 2. The normalized spacial score (nSPS) is 10.4. The number of rotatable bonds is 11. The van der Waals surface area contributed by atoms with Crippen molar-refractivity contribution in [3.8, 4) is 0 Å². The third-order valence-corrected chi connectivity index (χ3v) is 5.40. The van der Waals surface area contributed by atoms with E-state index in [-0.39, 0.29) is 37.6 Å². The average molecular weight is 537 g/mol. The molecule has 0 saturated heterocycles. The van der Waals surface area contributed by atoms with Crippen molar-refractivity contribution in [2.45, 2.75) is 6.04 Å². The summed E-state index contributed by atoms with van der Waals surface area (Å²) in [6.07, 6.45) is 0. The van der Waals surface area contributed by atoms with E-state index in [1.165, 1.54) is 51.7 Å². The molecule has 11 nitrogen and oxygen atoms in total. The summed E-state index contributed by atoms with van der Waals surface area (Å²) in [5.74, 6) is -1.07. The largest absolute Gasteiger partial charge is 0.480 e. The highest BCUT2D eigenvalue weighted by atomic mass is 32.1. The fraction of sp³-hybridized carbons (Fsp3) is 0.500. The molecule has 0 aliphatic carbocycles. The van der Waals surface area contributed by atoms with Gasteiger partial charge in [-0.2, -0.15) is 0 Å². The number of ether oxygens (including phenoxy) is 4. The molecule has 35 heavy (non-hydrogen) atoms. The Balaban J connectivity index is 0. The summed E-state index contributed by atoms with van der Waals surface area (Å²) in [5.41, 5.74) is 5.74. The smallest absolute Gasteiger partial charge is 0.329 e. The molecule has 1 unspecified atom stereocenters. The zero-order valence-corrected chi connectivity index (χ0v) is 22.6. The van der Waals surface area contributed by atoms with E-state index in [0.717, 1.165) is 9.94 Å². The Morgan fingerprint density at radius 2 is 1.49 bits per heavy atom. The van der Waals surface area contributed by atoms with Gasteiger partial charge in [0.2, 0.25) is 0 Å². The molecule has 200 valence electrons. The van der Waals surface area contributed by atoms with Crippen molar-refractivity contribution in [3.05, 3.63) is 44.8 Å². The Hall–Kier alpha value is -2.23. The first-order chi connectivity index (χ1) is 16.7. The second-order valence-electron chi connectivity index (χ2n) is 6.24. The first-order valence-corrected chi connectivity index (χ1v) is 11.8. The van der Waals surface area contributed by atoms with Crippen molar-refractivity contribution in [1.82, 2.24) is 5.06 Å². The van der Waals surface area contributed by atoms with Crippen molar-refractivity contribution in [2.75, 3.05) is 69.0 Å². The molecule has 0 spiro atoms. The van der Waals surface area contributed by atoms with Crippen LogP contribution >= 0.6 is 22.7 Å². The van der Waals surface area contributed by atoms with Gasteiger partial charge in [-0.3, -0.25) is 14.4 Å². The van der Waals surface area contributed by atoms with Crippen molar-refractivity contribution >= 4 is 40.3 Å². The van der Waals surface area contributed by atoms with Crippen LogP contribution in [0, 0.1) is 0 Å². The van der Waals surface area contributed by atoms with Crippen LogP contribution in [-0.4, -0.2) is 96.9 Å². The lowest BCUT2D eigenvalue weighted by molar-refractivity contribution is -0.172. The summed E-state index contributed by atoms with van der Waals surface area (Å²) < 4.78 is 18.4. The molecule has 2 aromatic rings. The number of carboxylic acids is 1. The van der Waals surface area contributed by atoms with E-state index in [9.17, 15) is 14.4 Å². The molecule has 0 fully saturated rings. The number of carboxylic acid groups (broad SMARTS) is 1. The number of carbonyl (C=O) groups is 3. The number of methoxy groups -OCH3 is 4. The van der Waals surface area contributed by atoms with Gasteiger partial charge in [0.1, 0.15) is 19.8 Å². The summed E-state index contributed by atoms with van der Waals surface area (Å²) in [6.45, 7) is 0.630. The Bertz CT molecular complexity index is 772. The first-order valence-electron chi connectivity index (χ1n) is 10.0. The molecule has 0 saturated carbocycles. The fourth-order valence-corrected chi connectivity index (χ4v) is 3.21. The minimum atomic E-state index is -0.933. The molecule has 0 aliphatic rings. The van der Waals surface area contributed by atoms with Gasteiger partial charge in [0.25, 0.3) is 5.91 Å². The van der Waals surface area contributed by atoms with Crippen LogP contribution in [0.5, 0.6) is 0 Å². The molecule has 1 atom stereocenters. The number of nitrogens with two attached hydrogens (primary N) is 1. The molecule has 0 bridgehead atoms. The molecule has 0 aliphatic heterocycles. The number of hydrogen-bond donors (Lipinski definition) is 2. The lowest BCUT2D eigenvalue weighted by Gasteiger charge is -2.11. The number of nitrogens with zero attached hydrogens (tertiary/aromatic N) is 1. The van der Waals surface area contributed by atoms with Crippen LogP contribution < -0.4 is 5.73 Å². The third kappa shape index (κ3) is 19.7. The van der Waals surface area contributed by atoms with E-state index in [1.54, 1.807) is 24.5 Å². The van der Waals surface area contributed by atoms with Crippen LogP contribution in [-0.2, 0) is 33.4 Å². The molecular weight excluding hydrogens is 500 g/mol. The molecule has 0 radical (unpaired) electrons. The Kier molecular flexibility index (Phi) is 23.5. The zero-order valence-electron chi connectivity index (χ0n) is 20.9. The van der Waals surface area contributed by atoms with Gasteiger partial charge in [-0.15, -0.1) is 22.7 Å². The summed E-state index contributed by atoms with van der Waals surface area (Å²) in [6, 6.07) is 7.72. The van der Waals surface area contributed by atoms with E-state index in [1.807, 2.05) is 29.0 Å². The number of Topliss-reactive ketones (excluding diaryl/α,β-unsaturated/α-hetero) is 1. The van der Waals surface area contributed by atoms with Gasteiger partial charge in [0.05, 0.1) is 24.6 Å². The topological polar surface area (TPSA) is 147 Å². The predicted molar refractivity (Wildman–Crippen MR) is 135 cm³/mol. The first kappa shape index (κ1) is 34.9. The van der Waals surface area contributed by atoms with Crippen molar-refractivity contribution < 1.29 is 43.3 Å². The van der Waals surface area contributed by atoms with Crippen LogP contribution in [0.1, 0.15) is 20.6 Å².